The van der Waals surface area contributed by atoms with Gasteiger partial charge < -0.3 is 5.11 Å². The Labute approximate surface area is 78.6 Å². The van der Waals surface area contributed by atoms with Crippen molar-refractivity contribution in [1.29, 1.82) is 5.26 Å². The van der Waals surface area contributed by atoms with Crippen molar-refractivity contribution >= 4 is 22.6 Å². The summed E-state index contributed by atoms with van der Waals surface area (Å²) >= 11 is 2.06. The minimum atomic E-state index is 0.524. The molecule has 0 amide bonds. The van der Waals surface area contributed by atoms with Crippen LogP contribution in [-0.2, 0) is 0 Å². The molecule has 55 valence electrons. The summed E-state index contributed by atoms with van der Waals surface area (Å²) in [5.41, 5.74) is 1.09. The van der Waals surface area contributed by atoms with Crippen molar-refractivity contribution in [2.24, 2.45) is 0 Å². The standard InChI is InChI=1S/C8H5INO/c9-8-3-1-2-6(5-11)7(8)4-10/h1-3,5,11H. The molecular formula is C8H5INO. The highest BCUT2D eigenvalue weighted by molar-refractivity contribution is 14.1. The minimum absolute atomic E-state index is 0.524. The normalized spacial score (nSPS) is 9.18. The summed E-state index contributed by atoms with van der Waals surface area (Å²) in [5.74, 6) is 0. The van der Waals surface area contributed by atoms with Crippen molar-refractivity contribution in [3.63, 3.8) is 0 Å². The van der Waals surface area contributed by atoms with E-state index < -0.39 is 0 Å². The van der Waals surface area contributed by atoms with Gasteiger partial charge in [-0.3, -0.25) is 0 Å². The molecule has 0 aromatic heterocycles. The fourth-order valence-electron chi connectivity index (χ4n) is 0.766. The van der Waals surface area contributed by atoms with Gasteiger partial charge in [-0.25, -0.2) is 0 Å². The van der Waals surface area contributed by atoms with E-state index >= 15 is 0 Å². The molecule has 1 radical (unpaired) electrons. The molecule has 0 aliphatic rings. The van der Waals surface area contributed by atoms with Crippen molar-refractivity contribution < 1.29 is 5.11 Å². The first kappa shape index (κ1) is 8.50. The third kappa shape index (κ3) is 1.70. The number of nitrogens with zero attached hydrogens (tertiary/aromatic N) is 1. The third-order valence-corrected chi connectivity index (χ3v) is 2.20. The zero-order chi connectivity index (χ0) is 8.27. The second kappa shape index (κ2) is 3.69. The maximum atomic E-state index is 8.69. The van der Waals surface area contributed by atoms with Crippen LogP contribution < -0.4 is 0 Å². The maximum Gasteiger partial charge on any atom is 0.110 e. The molecule has 11 heavy (non-hydrogen) atoms. The van der Waals surface area contributed by atoms with Crippen molar-refractivity contribution in [2.45, 2.75) is 0 Å². The van der Waals surface area contributed by atoms with Crippen LogP contribution >= 0.6 is 22.6 Å². The lowest BCUT2D eigenvalue weighted by molar-refractivity contribution is 0.414. The molecule has 1 aromatic rings. The van der Waals surface area contributed by atoms with Gasteiger partial charge in [-0.15, -0.1) is 0 Å². The van der Waals surface area contributed by atoms with Crippen LogP contribution in [0, 0.1) is 21.5 Å². The van der Waals surface area contributed by atoms with Crippen LogP contribution in [0.5, 0.6) is 0 Å². The van der Waals surface area contributed by atoms with Gasteiger partial charge in [-0.05, 0) is 28.7 Å². The molecule has 0 aliphatic carbocycles. The Balaban J connectivity index is 3.27. The number of halogens is 1. The van der Waals surface area contributed by atoms with E-state index in [-0.39, 0.29) is 0 Å². The third-order valence-electron chi connectivity index (χ3n) is 1.30. The summed E-state index contributed by atoms with van der Waals surface area (Å²) < 4.78 is 0.855. The number of rotatable bonds is 1. The molecule has 0 unspecified atom stereocenters. The highest BCUT2D eigenvalue weighted by Crippen LogP contribution is 2.16. The molecule has 1 aromatic carbocycles. The summed E-state index contributed by atoms with van der Waals surface area (Å²) in [4.78, 5) is 0. The highest BCUT2D eigenvalue weighted by Gasteiger charge is 2.03. The van der Waals surface area contributed by atoms with E-state index in [0.29, 0.717) is 11.1 Å². The van der Waals surface area contributed by atoms with Gasteiger partial charge in [0.25, 0.3) is 0 Å². The smallest absolute Gasteiger partial charge is 0.110 e. The Morgan fingerprint density at radius 3 is 2.73 bits per heavy atom. The summed E-state index contributed by atoms with van der Waals surface area (Å²) in [6.07, 6.45) is 0. The van der Waals surface area contributed by atoms with Crippen molar-refractivity contribution in [3.8, 4) is 6.07 Å². The fourth-order valence-corrected chi connectivity index (χ4v) is 1.41. The van der Waals surface area contributed by atoms with Crippen LogP contribution in [0.25, 0.3) is 0 Å². The van der Waals surface area contributed by atoms with Crippen LogP contribution in [-0.4, -0.2) is 5.11 Å². The largest absolute Gasteiger partial charge is 0.385 e. The van der Waals surface area contributed by atoms with Crippen molar-refractivity contribution in [3.05, 3.63) is 39.5 Å². The molecule has 0 saturated carbocycles. The first-order valence-corrected chi connectivity index (χ1v) is 4.03. The summed E-state index contributed by atoms with van der Waals surface area (Å²) in [6.45, 7) is 0.945. The number of nitriles is 1. The second-order valence-corrected chi connectivity index (χ2v) is 3.11. The monoisotopic (exact) mass is 258 g/mol. The molecule has 3 heteroatoms. The van der Waals surface area contributed by atoms with Gasteiger partial charge in [0.15, 0.2) is 0 Å². The molecule has 0 spiro atoms. The van der Waals surface area contributed by atoms with Crippen molar-refractivity contribution in [2.75, 3.05) is 0 Å². The number of hydrogen-bond acceptors (Lipinski definition) is 2. The Hall–Kier alpha value is -0.600. The molecule has 0 fully saturated rings. The number of aliphatic hydroxyl groups is 1. The van der Waals surface area contributed by atoms with E-state index in [4.69, 9.17) is 10.4 Å². The van der Waals surface area contributed by atoms with Crippen molar-refractivity contribution in [1.82, 2.24) is 0 Å². The lowest BCUT2D eigenvalue weighted by Crippen LogP contribution is -1.89. The molecule has 0 heterocycles. The average Bonchev–Trinajstić information content (AvgIpc) is 2.04. The van der Waals surface area contributed by atoms with Crippen LogP contribution in [0.3, 0.4) is 0 Å². The SMILES string of the molecule is N#Cc1c(I)cccc1[CH]O. The quantitative estimate of drug-likeness (QED) is 0.783. The Bertz CT molecular complexity index is 303. The summed E-state index contributed by atoms with van der Waals surface area (Å²) in [5, 5.41) is 17.3. The molecule has 0 bridgehead atoms. The van der Waals surface area contributed by atoms with E-state index in [1.54, 1.807) is 12.1 Å². The summed E-state index contributed by atoms with van der Waals surface area (Å²) in [6, 6.07) is 7.33. The molecule has 1 N–H and O–H groups in total. The van der Waals surface area contributed by atoms with E-state index in [9.17, 15) is 0 Å². The minimum Gasteiger partial charge on any atom is -0.385 e. The Morgan fingerprint density at radius 1 is 1.55 bits per heavy atom. The fraction of sp³-hybridized carbons (Fsp3) is 0. The highest BCUT2D eigenvalue weighted by atomic mass is 127. The van der Waals surface area contributed by atoms with Crippen LogP contribution in [0.2, 0.25) is 0 Å². The maximum absolute atomic E-state index is 8.69. The molecule has 0 aliphatic heterocycles. The van der Waals surface area contributed by atoms with Crippen LogP contribution in [0.15, 0.2) is 18.2 Å². The van der Waals surface area contributed by atoms with Crippen LogP contribution in [0.1, 0.15) is 11.1 Å². The Morgan fingerprint density at radius 2 is 2.27 bits per heavy atom. The average molecular weight is 258 g/mol. The van der Waals surface area contributed by atoms with E-state index in [0.717, 1.165) is 10.2 Å². The Kier molecular flexibility index (Phi) is 2.85. The van der Waals surface area contributed by atoms with Gasteiger partial charge in [0, 0.05) is 9.13 Å². The predicted molar refractivity (Wildman–Crippen MR) is 49.2 cm³/mol. The lowest BCUT2D eigenvalue weighted by Gasteiger charge is -1.99. The lowest BCUT2D eigenvalue weighted by atomic mass is 10.1. The van der Waals surface area contributed by atoms with Gasteiger partial charge >= 0.3 is 0 Å². The number of benzene rings is 1. The first-order chi connectivity index (χ1) is 5.29. The van der Waals surface area contributed by atoms with E-state index in [2.05, 4.69) is 22.6 Å². The zero-order valence-electron chi connectivity index (χ0n) is 5.58. The van der Waals surface area contributed by atoms with Gasteiger partial charge in [-0.1, -0.05) is 12.1 Å². The van der Waals surface area contributed by atoms with Gasteiger partial charge in [0.2, 0.25) is 0 Å². The summed E-state index contributed by atoms with van der Waals surface area (Å²) in [7, 11) is 0. The molecule has 1 rings (SSSR count). The van der Waals surface area contributed by atoms with Gasteiger partial charge in [0.1, 0.15) is 12.7 Å². The van der Waals surface area contributed by atoms with E-state index in [1.165, 1.54) is 0 Å². The number of aliphatic hydroxyl groups excluding tert-OH is 1. The zero-order valence-corrected chi connectivity index (χ0v) is 7.74. The molecule has 0 saturated heterocycles. The first-order valence-electron chi connectivity index (χ1n) is 2.95. The number of hydrogen-bond donors (Lipinski definition) is 1. The van der Waals surface area contributed by atoms with E-state index in [1.807, 2.05) is 12.1 Å². The van der Waals surface area contributed by atoms with Gasteiger partial charge in [-0.2, -0.15) is 5.26 Å². The molecule has 0 atom stereocenters. The van der Waals surface area contributed by atoms with Gasteiger partial charge in [0.05, 0.1) is 5.56 Å². The molecule has 2 nitrogen and oxygen atoms in total. The topological polar surface area (TPSA) is 44.0 Å². The second-order valence-electron chi connectivity index (χ2n) is 1.94. The van der Waals surface area contributed by atoms with Crippen LogP contribution in [0.4, 0.5) is 0 Å². The predicted octanol–water partition coefficient (Wildman–Crippen LogP) is 2.05. The molecular weight excluding hydrogens is 253 g/mol.